The zero-order valence-corrected chi connectivity index (χ0v) is 10.1. The standard InChI is InChI=1S/C12H17ClO2/c1-4-15-11-6-5-9(7-10(11)13)12(2,3)8-14/h5-7,14H,4,8H2,1-3H3. The Morgan fingerprint density at radius 3 is 2.53 bits per heavy atom. The monoisotopic (exact) mass is 228 g/mol. The lowest BCUT2D eigenvalue weighted by Gasteiger charge is -2.22. The van der Waals surface area contributed by atoms with E-state index in [-0.39, 0.29) is 12.0 Å². The lowest BCUT2D eigenvalue weighted by molar-refractivity contribution is 0.218. The van der Waals surface area contributed by atoms with Gasteiger partial charge in [-0.25, -0.2) is 0 Å². The van der Waals surface area contributed by atoms with Crippen LogP contribution in [-0.2, 0) is 5.41 Å². The fourth-order valence-corrected chi connectivity index (χ4v) is 1.52. The molecule has 1 rings (SSSR count). The van der Waals surface area contributed by atoms with Crippen molar-refractivity contribution in [3.8, 4) is 5.75 Å². The highest BCUT2D eigenvalue weighted by molar-refractivity contribution is 6.32. The average molecular weight is 229 g/mol. The molecule has 84 valence electrons. The maximum Gasteiger partial charge on any atom is 0.137 e. The summed E-state index contributed by atoms with van der Waals surface area (Å²) in [5.74, 6) is 0.691. The molecule has 0 unspecified atom stereocenters. The second-order valence-electron chi connectivity index (χ2n) is 4.12. The number of hydrogen-bond acceptors (Lipinski definition) is 2. The van der Waals surface area contributed by atoms with Crippen LogP contribution in [-0.4, -0.2) is 18.3 Å². The highest BCUT2D eigenvalue weighted by Crippen LogP contribution is 2.31. The number of aliphatic hydroxyl groups is 1. The second-order valence-corrected chi connectivity index (χ2v) is 4.53. The molecule has 3 heteroatoms. The molecule has 0 saturated heterocycles. The van der Waals surface area contributed by atoms with Crippen LogP contribution in [0.25, 0.3) is 0 Å². The number of ether oxygens (including phenoxy) is 1. The van der Waals surface area contributed by atoms with E-state index in [0.717, 1.165) is 5.56 Å². The molecule has 2 nitrogen and oxygen atoms in total. The van der Waals surface area contributed by atoms with Crippen LogP contribution in [0.15, 0.2) is 18.2 Å². The summed E-state index contributed by atoms with van der Waals surface area (Å²) in [4.78, 5) is 0. The third-order valence-corrected chi connectivity index (χ3v) is 2.70. The first-order chi connectivity index (χ1) is 7.01. The minimum Gasteiger partial charge on any atom is -0.492 e. The van der Waals surface area contributed by atoms with Crippen molar-refractivity contribution in [2.24, 2.45) is 0 Å². The second kappa shape index (κ2) is 4.86. The van der Waals surface area contributed by atoms with Crippen LogP contribution >= 0.6 is 11.6 Å². The minimum atomic E-state index is -0.269. The topological polar surface area (TPSA) is 29.5 Å². The predicted octanol–water partition coefficient (Wildman–Crippen LogP) is 3.01. The summed E-state index contributed by atoms with van der Waals surface area (Å²) < 4.78 is 5.34. The molecule has 0 heterocycles. The van der Waals surface area contributed by atoms with Gasteiger partial charge in [0.2, 0.25) is 0 Å². The fourth-order valence-electron chi connectivity index (χ4n) is 1.29. The minimum absolute atomic E-state index is 0.0946. The Balaban J connectivity index is 3.01. The summed E-state index contributed by atoms with van der Waals surface area (Å²) in [5.41, 5.74) is 0.743. The highest BCUT2D eigenvalue weighted by atomic mass is 35.5. The Labute approximate surface area is 95.8 Å². The van der Waals surface area contributed by atoms with E-state index in [1.807, 2.05) is 39.0 Å². The lowest BCUT2D eigenvalue weighted by atomic mass is 9.86. The molecule has 0 fully saturated rings. The first-order valence-corrected chi connectivity index (χ1v) is 5.42. The molecule has 0 aromatic heterocycles. The van der Waals surface area contributed by atoms with Crippen molar-refractivity contribution >= 4 is 11.6 Å². The van der Waals surface area contributed by atoms with Gasteiger partial charge in [-0.2, -0.15) is 0 Å². The van der Waals surface area contributed by atoms with Gasteiger partial charge in [-0.05, 0) is 24.6 Å². The Hall–Kier alpha value is -0.730. The van der Waals surface area contributed by atoms with E-state index in [9.17, 15) is 5.11 Å². The summed E-state index contributed by atoms with van der Waals surface area (Å²) >= 11 is 6.06. The summed E-state index contributed by atoms with van der Waals surface area (Å²) in [6, 6.07) is 5.63. The number of halogens is 1. The number of aliphatic hydroxyl groups excluding tert-OH is 1. The van der Waals surface area contributed by atoms with Crippen molar-refractivity contribution < 1.29 is 9.84 Å². The van der Waals surface area contributed by atoms with E-state index in [0.29, 0.717) is 17.4 Å². The van der Waals surface area contributed by atoms with Gasteiger partial charge in [-0.15, -0.1) is 0 Å². The Morgan fingerprint density at radius 1 is 1.40 bits per heavy atom. The van der Waals surface area contributed by atoms with Crippen molar-refractivity contribution in [2.45, 2.75) is 26.2 Å². The third-order valence-electron chi connectivity index (χ3n) is 2.41. The maximum absolute atomic E-state index is 9.24. The van der Waals surface area contributed by atoms with Gasteiger partial charge >= 0.3 is 0 Å². The molecule has 0 spiro atoms. The van der Waals surface area contributed by atoms with Crippen molar-refractivity contribution in [1.29, 1.82) is 0 Å². The molecule has 1 N–H and O–H groups in total. The van der Waals surface area contributed by atoms with Gasteiger partial charge in [0.25, 0.3) is 0 Å². The zero-order valence-electron chi connectivity index (χ0n) is 9.38. The smallest absolute Gasteiger partial charge is 0.137 e. The maximum atomic E-state index is 9.24. The number of rotatable bonds is 4. The third kappa shape index (κ3) is 2.86. The summed E-state index contributed by atoms with van der Waals surface area (Å²) in [6.07, 6.45) is 0. The Morgan fingerprint density at radius 2 is 2.07 bits per heavy atom. The van der Waals surface area contributed by atoms with Crippen molar-refractivity contribution in [1.82, 2.24) is 0 Å². The molecule has 15 heavy (non-hydrogen) atoms. The normalized spacial score (nSPS) is 11.5. The van der Waals surface area contributed by atoms with Gasteiger partial charge < -0.3 is 9.84 Å². The van der Waals surface area contributed by atoms with E-state index < -0.39 is 0 Å². The highest BCUT2D eigenvalue weighted by Gasteiger charge is 2.20. The molecule has 0 aliphatic carbocycles. The first kappa shape index (κ1) is 12.3. The lowest BCUT2D eigenvalue weighted by Crippen LogP contribution is -2.21. The van der Waals surface area contributed by atoms with Gasteiger partial charge in [0, 0.05) is 5.41 Å². The summed E-state index contributed by atoms with van der Waals surface area (Å²) in [5, 5.41) is 9.83. The molecule has 0 saturated carbocycles. The predicted molar refractivity (Wildman–Crippen MR) is 62.7 cm³/mol. The number of hydrogen-bond donors (Lipinski definition) is 1. The molecule has 0 radical (unpaired) electrons. The molecule has 0 amide bonds. The van der Waals surface area contributed by atoms with E-state index in [4.69, 9.17) is 16.3 Å². The molecule has 0 bridgehead atoms. The van der Waals surface area contributed by atoms with Crippen molar-refractivity contribution in [3.05, 3.63) is 28.8 Å². The van der Waals surface area contributed by atoms with Crippen molar-refractivity contribution in [2.75, 3.05) is 13.2 Å². The zero-order chi connectivity index (χ0) is 11.5. The van der Waals surface area contributed by atoms with Crippen molar-refractivity contribution in [3.63, 3.8) is 0 Å². The Kier molecular flexibility index (Phi) is 4.00. The van der Waals surface area contributed by atoms with Gasteiger partial charge in [0.15, 0.2) is 0 Å². The molecule has 0 aliphatic heterocycles. The Bertz CT molecular complexity index is 334. The van der Waals surface area contributed by atoms with Gasteiger partial charge in [0.1, 0.15) is 5.75 Å². The van der Waals surface area contributed by atoms with Crippen LogP contribution in [0.1, 0.15) is 26.3 Å². The molecular formula is C12H17ClO2. The molecule has 0 atom stereocenters. The SMILES string of the molecule is CCOc1ccc(C(C)(C)CO)cc1Cl. The van der Waals surface area contributed by atoms with E-state index in [1.165, 1.54) is 0 Å². The molecule has 1 aromatic rings. The molecule has 1 aromatic carbocycles. The first-order valence-electron chi connectivity index (χ1n) is 5.05. The van der Waals surface area contributed by atoms with Crippen LogP contribution in [0.3, 0.4) is 0 Å². The van der Waals surface area contributed by atoms with E-state index >= 15 is 0 Å². The van der Waals surface area contributed by atoms with Gasteiger partial charge in [-0.3, -0.25) is 0 Å². The summed E-state index contributed by atoms with van der Waals surface area (Å²) in [7, 11) is 0. The van der Waals surface area contributed by atoms with Crippen LogP contribution in [0.2, 0.25) is 5.02 Å². The summed E-state index contributed by atoms with van der Waals surface area (Å²) in [6.45, 7) is 6.56. The largest absolute Gasteiger partial charge is 0.492 e. The van der Waals surface area contributed by atoms with Crippen LogP contribution < -0.4 is 4.74 Å². The molecular weight excluding hydrogens is 212 g/mol. The van der Waals surface area contributed by atoms with Gasteiger partial charge in [0.05, 0.1) is 18.2 Å². The quantitative estimate of drug-likeness (QED) is 0.859. The van der Waals surface area contributed by atoms with E-state index in [2.05, 4.69) is 0 Å². The van der Waals surface area contributed by atoms with Crippen LogP contribution in [0.5, 0.6) is 5.75 Å². The van der Waals surface area contributed by atoms with Crippen LogP contribution in [0.4, 0.5) is 0 Å². The number of benzene rings is 1. The van der Waals surface area contributed by atoms with Crippen LogP contribution in [0, 0.1) is 0 Å². The molecule has 0 aliphatic rings. The van der Waals surface area contributed by atoms with Gasteiger partial charge in [-0.1, -0.05) is 31.5 Å². The average Bonchev–Trinajstić information content (AvgIpc) is 2.21. The van der Waals surface area contributed by atoms with E-state index in [1.54, 1.807) is 0 Å². The fraction of sp³-hybridized carbons (Fsp3) is 0.500.